The van der Waals surface area contributed by atoms with Gasteiger partial charge in [0.1, 0.15) is 6.04 Å². The second-order valence-corrected chi connectivity index (χ2v) is 6.64. The lowest BCUT2D eigenvalue weighted by Gasteiger charge is -2.26. The Morgan fingerprint density at radius 2 is 1.90 bits per heavy atom. The molecule has 1 saturated heterocycles. The summed E-state index contributed by atoms with van der Waals surface area (Å²) < 4.78 is 30.2. The van der Waals surface area contributed by atoms with E-state index in [-0.39, 0.29) is 38.3 Å². The molecule has 0 bridgehead atoms. The van der Waals surface area contributed by atoms with Gasteiger partial charge in [0.25, 0.3) is 0 Å². The second kappa shape index (κ2) is 8.27. The minimum atomic E-state index is -3.55. The number of ether oxygens (including phenoxy) is 1. The van der Waals surface area contributed by atoms with Crippen LogP contribution in [0, 0.1) is 0 Å². The van der Waals surface area contributed by atoms with Crippen molar-refractivity contribution in [3.63, 3.8) is 0 Å². The molecule has 21 heavy (non-hydrogen) atoms. The third-order valence-corrected chi connectivity index (χ3v) is 4.87. The van der Waals surface area contributed by atoms with Crippen LogP contribution in [0.3, 0.4) is 0 Å². The van der Waals surface area contributed by atoms with E-state index in [2.05, 4.69) is 5.32 Å². The molecule has 0 aromatic heterocycles. The Morgan fingerprint density at radius 1 is 1.29 bits per heavy atom. The zero-order chi connectivity index (χ0) is 15.9. The van der Waals surface area contributed by atoms with E-state index < -0.39 is 27.9 Å². The van der Waals surface area contributed by atoms with E-state index in [1.165, 1.54) is 4.31 Å². The molecule has 1 rings (SSSR count). The normalized spacial score (nSPS) is 18.1. The number of sulfonamides is 1. The summed E-state index contributed by atoms with van der Waals surface area (Å²) in [5, 5.41) is 19.7. The number of rotatable bonds is 8. The summed E-state index contributed by atoms with van der Waals surface area (Å²) in [5.41, 5.74) is 0. The number of carboxylic acids is 1. The van der Waals surface area contributed by atoms with Crippen LogP contribution in [0.5, 0.6) is 0 Å². The van der Waals surface area contributed by atoms with Crippen LogP contribution in [0.15, 0.2) is 0 Å². The van der Waals surface area contributed by atoms with Crippen LogP contribution in [0.2, 0.25) is 0 Å². The van der Waals surface area contributed by atoms with Gasteiger partial charge in [-0.3, -0.25) is 4.79 Å². The number of carbonyl (C=O) groups is 2. The molecule has 3 N–H and O–H groups in total. The van der Waals surface area contributed by atoms with E-state index in [9.17, 15) is 18.0 Å². The summed E-state index contributed by atoms with van der Waals surface area (Å²) in [6.07, 6.45) is -0.452. The van der Waals surface area contributed by atoms with Crippen LogP contribution in [-0.2, 0) is 24.3 Å². The summed E-state index contributed by atoms with van der Waals surface area (Å²) in [4.78, 5) is 22.4. The number of nitrogens with one attached hydrogen (secondary N) is 1. The number of aliphatic hydroxyl groups is 1. The van der Waals surface area contributed by atoms with Gasteiger partial charge in [0, 0.05) is 32.5 Å². The molecule has 10 heteroatoms. The van der Waals surface area contributed by atoms with Crippen LogP contribution >= 0.6 is 0 Å². The van der Waals surface area contributed by atoms with Crippen molar-refractivity contribution in [2.75, 3.05) is 38.7 Å². The summed E-state index contributed by atoms with van der Waals surface area (Å²) in [6.45, 7) is 0.772. The zero-order valence-electron chi connectivity index (χ0n) is 11.5. The number of hydrogen-bond donors (Lipinski definition) is 3. The van der Waals surface area contributed by atoms with Crippen molar-refractivity contribution >= 4 is 21.9 Å². The SMILES string of the molecule is O=C(CCS(=O)(=O)N1CCOCC1)N[C@@H](CCO)C(=O)O. The lowest BCUT2D eigenvalue weighted by atomic mass is 10.2. The Bertz CT molecular complexity index is 459. The van der Waals surface area contributed by atoms with Gasteiger partial charge in [-0.05, 0) is 0 Å². The van der Waals surface area contributed by atoms with E-state index in [0.29, 0.717) is 13.2 Å². The fourth-order valence-electron chi connectivity index (χ4n) is 1.83. The standard InChI is InChI=1S/C11H20N2O7S/c14-5-1-9(11(16)17)12-10(15)2-8-21(18,19)13-3-6-20-7-4-13/h9,14H,1-8H2,(H,12,15)(H,16,17)/t9-/m0/s1. The van der Waals surface area contributed by atoms with Crippen LogP contribution in [0.25, 0.3) is 0 Å². The Balaban J connectivity index is 2.45. The predicted molar refractivity (Wildman–Crippen MR) is 72.1 cm³/mol. The van der Waals surface area contributed by atoms with Crippen molar-refractivity contribution in [3.05, 3.63) is 0 Å². The summed E-state index contributed by atoms with van der Waals surface area (Å²) >= 11 is 0. The van der Waals surface area contributed by atoms with Crippen molar-refractivity contribution in [1.29, 1.82) is 0 Å². The van der Waals surface area contributed by atoms with Gasteiger partial charge in [0.2, 0.25) is 15.9 Å². The van der Waals surface area contributed by atoms with E-state index in [1.807, 2.05) is 0 Å². The molecule has 0 unspecified atom stereocenters. The Labute approximate surface area is 122 Å². The lowest BCUT2D eigenvalue weighted by molar-refractivity contribution is -0.142. The lowest BCUT2D eigenvalue weighted by Crippen LogP contribution is -2.44. The van der Waals surface area contributed by atoms with Crippen molar-refractivity contribution in [1.82, 2.24) is 9.62 Å². The average molecular weight is 324 g/mol. The van der Waals surface area contributed by atoms with Crippen molar-refractivity contribution in [2.24, 2.45) is 0 Å². The molecule has 1 heterocycles. The Hall–Kier alpha value is -1.23. The molecule has 0 saturated carbocycles. The smallest absolute Gasteiger partial charge is 0.326 e. The highest BCUT2D eigenvalue weighted by Gasteiger charge is 2.26. The highest BCUT2D eigenvalue weighted by molar-refractivity contribution is 7.89. The maximum absolute atomic E-state index is 12.0. The molecule has 1 aliphatic rings. The highest BCUT2D eigenvalue weighted by atomic mass is 32.2. The number of carboxylic acid groups (broad SMARTS) is 1. The molecule has 1 aliphatic heterocycles. The molecule has 0 radical (unpaired) electrons. The minimum Gasteiger partial charge on any atom is -0.480 e. The molecule has 0 aromatic carbocycles. The van der Waals surface area contributed by atoms with Crippen LogP contribution in [0.1, 0.15) is 12.8 Å². The summed E-state index contributed by atoms with van der Waals surface area (Å²) in [5.74, 6) is -2.33. The molecule has 1 amide bonds. The van der Waals surface area contributed by atoms with Crippen LogP contribution in [-0.4, -0.2) is 79.5 Å². The third-order valence-electron chi connectivity index (χ3n) is 3.00. The van der Waals surface area contributed by atoms with Gasteiger partial charge in [0.05, 0.1) is 19.0 Å². The van der Waals surface area contributed by atoms with E-state index in [1.54, 1.807) is 0 Å². The number of carbonyl (C=O) groups excluding carboxylic acids is 1. The number of aliphatic hydroxyl groups excluding tert-OH is 1. The largest absolute Gasteiger partial charge is 0.480 e. The maximum atomic E-state index is 12.0. The van der Waals surface area contributed by atoms with Gasteiger partial charge < -0.3 is 20.3 Å². The quantitative estimate of drug-likeness (QED) is 0.470. The minimum absolute atomic E-state index is 0.128. The first-order chi connectivity index (χ1) is 9.86. The van der Waals surface area contributed by atoms with Crippen molar-refractivity contribution in [3.8, 4) is 0 Å². The molecule has 9 nitrogen and oxygen atoms in total. The highest BCUT2D eigenvalue weighted by Crippen LogP contribution is 2.07. The summed E-state index contributed by atoms with van der Waals surface area (Å²) in [6, 6.07) is -1.21. The van der Waals surface area contributed by atoms with Crippen LogP contribution < -0.4 is 5.32 Å². The first kappa shape index (κ1) is 17.8. The number of hydrogen-bond acceptors (Lipinski definition) is 6. The van der Waals surface area contributed by atoms with Gasteiger partial charge in [-0.1, -0.05) is 0 Å². The fourth-order valence-corrected chi connectivity index (χ4v) is 3.24. The first-order valence-corrected chi connectivity index (χ1v) is 8.16. The van der Waals surface area contributed by atoms with E-state index in [4.69, 9.17) is 14.9 Å². The van der Waals surface area contributed by atoms with Gasteiger partial charge in [-0.15, -0.1) is 0 Å². The molecule has 0 aliphatic carbocycles. The molecule has 1 atom stereocenters. The molecule has 1 fully saturated rings. The number of aliphatic carboxylic acids is 1. The second-order valence-electron chi connectivity index (χ2n) is 4.55. The molecule has 122 valence electrons. The Kier molecular flexibility index (Phi) is 7.02. The van der Waals surface area contributed by atoms with E-state index in [0.717, 1.165) is 0 Å². The number of morpholine rings is 1. The molecular weight excluding hydrogens is 304 g/mol. The van der Waals surface area contributed by atoms with Crippen molar-refractivity contribution in [2.45, 2.75) is 18.9 Å². The fraction of sp³-hybridized carbons (Fsp3) is 0.818. The molecule has 0 spiro atoms. The third kappa shape index (κ3) is 5.96. The van der Waals surface area contributed by atoms with Crippen LogP contribution in [0.4, 0.5) is 0 Å². The van der Waals surface area contributed by atoms with Gasteiger partial charge in [0.15, 0.2) is 0 Å². The summed E-state index contributed by atoms with van der Waals surface area (Å²) in [7, 11) is -3.55. The van der Waals surface area contributed by atoms with Gasteiger partial charge in [-0.25, -0.2) is 13.2 Å². The average Bonchev–Trinajstić information content (AvgIpc) is 2.45. The van der Waals surface area contributed by atoms with Gasteiger partial charge in [-0.2, -0.15) is 4.31 Å². The number of nitrogens with zero attached hydrogens (tertiary/aromatic N) is 1. The van der Waals surface area contributed by atoms with E-state index >= 15 is 0 Å². The monoisotopic (exact) mass is 324 g/mol. The maximum Gasteiger partial charge on any atom is 0.326 e. The first-order valence-electron chi connectivity index (χ1n) is 6.55. The Morgan fingerprint density at radius 3 is 2.43 bits per heavy atom. The predicted octanol–water partition coefficient (Wildman–Crippen LogP) is -2.01. The molecular formula is C11H20N2O7S. The zero-order valence-corrected chi connectivity index (χ0v) is 12.3. The van der Waals surface area contributed by atoms with Crippen molar-refractivity contribution < 1.29 is 33.0 Å². The van der Waals surface area contributed by atoms with Gasteiger partial charge >= 0.3 is 5.97 Å². The topological polar surface area (TPSA) is 133 Å². The number of amides is 1. The molecule has 0 aromatic rings.